The Labute approximate surface area is 159 Å². The molecule has 0 aliphatic carbocycles. The van der Waals surface area contributed by atoms with Crippen LogP contribution in [0.2, 0.25) is 5.02 Å². The lowest BCUT2D eigenvalue weighted by molar-refractivity contribution is -0.117. The van der Waals surface area contributed by atoms with Gasteiger partial charge in [0.25, 0.3) is 0 Å². The maximum Gasteiger partial charge on any atom is 0.238 e. The largest absolute Gasteiger partial charge is 0.387 e. The molecule has 138 valence electrons. The van der Waals surface area contributed by atoms with Crippen molar-refractivity contribution in [2.75, 3.05) is 44.6 Å². The quantitative estimate of drug-likeness (QED) is 0.817. The minimum Gasteiger partial charge on any atom is -0.387 e. The van der Waals surface area contributed by atoms with Crippen molar-refractivity contribution in [3.63, 3.8) is 0 Å². The summed E-state index contributed by atoms with van der Waals surface area (Å²) in [5.41, 5.74) is 1.58. The molecule has 0 bridgehead atoms. The molecule has 1 atom stereocenters. The highest BCUT2D eigenvalue weighted by molar-refractivity contribution is 6.33. The van der Waals surface area contributed by atoms with Crippen LogP contribution in [0.5, 0.6) is 0 Å². The lowest BCUT2D eigenvalue weighted by Crippen LogP contribution is -2.49. The number of aliphatic hydroxyl groups excluding tert-OH is 1. The summed E-state index contributed by atoms with van der Waals surface area (Å²) < 4.78 is 0. The number of carbonyl (C=O) groups is 1. The maximum atomic E-state index is 12.2. The summed E-state index contributed by atoms with van der Waals surface area (Å²) in [6.07, 6.45) is -0.480. The Balaban J connectivity index is 1.42. The number of anilines is 1. The predicted molar refractivity (Wildman–Crippen MR) is 104 cm³/mol. The molecule has 2 aromatic rings. The van der Waals surface area contributed by atoms with Gasteiger partial charge in [-0.2, -0.15) is 0 Å². The Hall–Kier alpha value is -1.92. The molecule has 5 nitrogen and oxygen atoms in total. The second kappa shape index (κ2) is 9.14. The van der Waals surface area contributed by atoms with Gasteiger partial charge in [-0.15, -0.1) is 0 Å². The Morgan fingerprint density at radius 1 is 1.00 bits per heavy atom. The van der Waals surface area contributed by atoms with Crippen LogP contribution in [0, 0.1) is 0 Å². The summed E-state index contributed by atoms with van der Waals surface area (Å²) in [5.74, 6) is -0.0594. The highest BCUT2D eigenvalue weighted by Gasteiger charge is 2.21. The van der Waals surface area contributed by atoms with Crippen LogP contribution < -0.4 is 5.32 Å². The van der Waals surface area contributed by atoms with E-state index in [1.165, 1.54) is 0 Å². The number of β-amino-alcohol motifs (C(OH)–C–C–N with tert-alkyl or cyclic N) is 1. The summed E-state index contributed by atoms with van der Waals surface area (Å²) in [6.45, 7) is 4.24. The monoisotopic (exact) mass is 373 g/mol. The molecule has 1 heterocycles. The summed E-state index contributed by atoms with van der Waals surface area (Å²) in [7, 11) is 0. The molecule has 0 spiro atoms. The summed E-state index contributed by atoms with van der Waals surface area (Å²) in [5, 5.41) is 13.7. The minimum absolute atomic E-state index is 0.0594. The fourth-order valence-electron chi connectivity index (χ4n) is 3.11. The van der Waals surface area contributed by atoms with Crippen molar-refractivity contribution >= 4 is 23.2 Å². The fourth-order valence-corrected chi connectivity index (χ4v) is 3.29. The van der Waals surface area contributed by atoms with E-state index in [1.54, 1.807) is 12.1 Å². The normalized spacial score (nSPS) is 17.0. The molecular weight excluding hydrogens is 350 g/mol. The summed E-state index contributed by atoms with van der Waals surface area (Å²) in [6, 6.07) is 16.9. The van der Waals surface area contributed by atoms with Crippen LogP contribution in [0.4, 0.5) is 5.69 Å². The van der Waals surface area contributed by atoms with Gasteiger partial charge < -0.3 is 10.4 Å². The van der Waals surface area contributed by atoms with Crippen molar-refractivity contribution < 1.29 is 9.90 Å². The number of amides is 1. The van der Waals surface area contributed by atoms with E-state index in [0.29, 0.717) is 23.8 Å². The van der Waals surface area contributed by atoms with Gasteiger partial charge in [0.1, 0.15) is 0 Å². The zero-order valence-electron chi connectivity index (χ0n) is 14.6. The van der Waals surface area contributed by atoms with E-state index in [2.05, 4.69) is 15.1 Å². The maximum absolute atomic E-state index is 12.2. The van der Waals surface area contributed by atoms with Crippen LogP contribution in [0.3, 0.4) is 0 Å². The second-order valence-electron chi connectivity index (χ2n) is 6.53. The standard InChI is InChI=1S/C20H24ClN3O2/c21-17-8-4-5-9-18(17)22-20(26)15-24-12-10-23(11-13-24)14-19(25)16-6-2-1-3-7-16/h1-9,19,25H,10-15H2,(H,22,26)/t19-/m1/s1. The van der Waals surface area contributed by atoms with Crippen molar-refractivity contribution in [1.82, 2.24) is 9.80 Å². The molecule has 1 aliphatic heterocycles. The molecule has 1 amide bonds. The van der Waals surface area contributed by atoms with Crippen LogP contribution in [0.1, 0.15) is 11.7 Å². The number of piperazine rings is 1. The lowest BCUT2D eigenvalue weighted by atomic mass is 10.1. The third-order valence-electron chi connectivity index (χ3n) is 4.60. The van der Waals surface area contributed by atoms with E-state index in [0.717, 1.165) is 31.7 Å². The number of nitrogens with one attached hydrogen (secondary N) is 1. The van der Waals surface area contributed by atoms with Crippen LogP contribution in [0.15, 0.2) is 54.6 Å². The van der Waals surface area contributed by atoms with E-state index >= 15 is 0 Å². The topological polar surface area (TPSA) is 55.8 Å². The van der Waals surface area contributed by atoms with Gasteiger partial charge in [-0.25, -0.2) is 0 Å². The molecule has 2 aromatic carbocycles. The molecule has 0 radical (unpaired) electrons. The van der Waals surface area contributed by atoms with E-state index in [4.69, 9.17) is 11.6 Å². The van der Waals surface area contributed by atoms with E-state index in [-0.39, 0.29) is 5.91 Å². The number of halogens is 1. The molecular formula is C20H24ClN3O2. The highest BCUT2D eigenvalue weighted by atomic mass is 35.5. The number of carbonyl (C=O) groups excluding carboxylic acids is 1. The highest BCUT2D eigenvalue weighted by Crippen LogP contribution is 2.20. The molecule has 2 N–H and O–H groups in total. The van der Waals surface area contributed by atoms with Crippen LogP contribution in [-0.4, -0.2) is 60.1 Å². The number of nitrogens with zero attached hydrogens (tertiary/aromatic N) is 2. The average Bonchev–Trinajstić information content (AvgIpc) is 2.66. The van der Waals surface area contributed by atoms with Gasteiger partial charge in [0.2, 0.25) is 5.91 Å². The first-order valence-corrected chi connectivity index (χ1v) is 9.22. The fraction of sp³-hybridized carbons (Fsp3) is 0.350. The van der Waals surface area contributed by atoms with Gasteiger partial charge in [-0.3, -0.25) is 14.6 Å². The van der Waals surface area contributed by atoms with E-state index < -0.39 is 6.10 Å². The predicted octanol–water partition coefficient (Wildman–Crippen LogP) is 2.63. The van der Waals surface area contributed by atoms with E-state index in [1.807, 2.05) is 42.5 Å². The van der Waals surface area contributed by atoms with Gasteiger partial charge in [0.15, 0.2) is 0 Å². The number of hydrogen-bond acceptors (Lipinski definition) is 4. The van der Waals surface area contributed by atoms with Gasteiger partial charge in [0, 0.05) is 32.7 Å². The zero-order valence-corrected chi connectivity index (χ0v) is 15.4. The summed E-state index contributed by atoms with van der Waals surface area (Å²) in [4.78, 5) is 16.6. The first kappa shape index (κ1) is 18.9. The van der Waals surface area contributed by atoms with Crippen molar-refractivity contribution in [2.24, 2.45) is 0 Å². The second-order valence-corrected chi connectivity index (χ2v) is 6.94. The third-order valence-corrected chi connectivity index (χ3v) is 4.93. The summed E-state index contributed by atoms with van der Waals surface area (Å²) >= 11 is 6.07. The van der Waals surface area contributed by atoms with Crippen molar-refractivity contribution in [3.05, 3.63) is 65.2 Å². The zero-order chi connectivity index (χ0) is 18.4. The molecule has 0 unspecified atom stereocenters. The SMILES string of the molecule is O=C(CN1CCN(C[C@@H](O)c2ccccc2)CC1)Nc1ccccc1Cl. The third kappa shape index (κ3) is 5.29. The smallest absolute Gasteiger partial charge is 0.238 e. The van der Waals surface area contributed by atoms with Crippen LogP contribution in [0.25, 0.3) is 0 Å². The molecule has 1 fully saturated rings. The molecule has 0 saturated carbocycles. The Morgan fingerprint density at radius 2 is 1.62 bits per heavy atom. The molecule has 1 aliphatic rings. The number of benzene rings is 2. The average molecular weight is 374 g/mol. The Kier molecular flexibility index (Phi) is 6.63. The number of rotatable bonds is 6. The molecule has 3 rings (SSSR count). The Bertz CT molecular complexity index is 718. The number of aliphatic hydroxyl groups is 1. The van der Waals surface area contributed by atoms with Crippen LogP contribution >= 0.6 is 11.6 Å². The Morgan fingerprint density at radius 3 is 2.31 bits per heavy atom. The van der Waals surface area contributed by atoms with Gasteiger partial charge >= 0.3 is 0 Å². The van der Waals surface area contributed by atoms with Crippen molar-refractivity contribution in [2.45, 2.75) is 6.10 Å². The van der Waals surface area contributed by atoms with Crippen LogP contribution in [-0.2, 0) is 4.79 Å². The van der Waals surface area contributed by atoms with Crippen molar-refractivity contribution in [3.8, 4) is 0 Å². The van der Waals surface area contributed by atoms with Gasteiger partial charge in [-0.05, 0) is 17.7 Å². The van der Waals surface area contributed by atoms with Crippen molar-refractivity contribution in [1.29, 1.82) is 0 Å². The number of para-hydroxylation sites is 1. The molecule has 26 heavy (non-hydrogen) atoms. The minimum atomic E-state index is -0.480. The number of hydrogen-bond donors (Lipinski definition) is 2. The first-order valence-electron chi connectivity index (χ1n) is 8.84. The first-order chi connectivity index (χ1) is 12.6. The lowest BCUT2D eigenvalue weighted by Gasteiger charge is -2.35. The molecule has 0 aromatic heterocycles. The van der Waals surface area contributed by atoms with Gasteiger partial charge in [-0.1, -0.05) is 54.1 Å². The van der Waals surface area contributed by atoms with Gasteiger partial charge in [0.05, 0.1) is 23.4 Å². The molecule has 1 saturated heterocycles. The molecule has 6 heteroatoms. The van der Waals surface area contributed by atoms with E-state index in [9.17, 15) is 9.90 Å².